The Kier molecular flexibility index (Phi) is 3.00. The maximum Gasteiger partial charge on any atom is 0.0976 e. The van der Waals surface area contributed by atoms with Gasteiger partial charge >= 0.3 is 0 Å². The molecule has 3 aromatic heterocycles. The van der Waals surface area contributed by atoms with Gasteiger partial charge in [-0.3, -0.25) is 9.97 Å². The number of nitrogens with zero attached hydrogens (tertiary/aromatic N) is 2. The van der Waals surface area contributed by atoms with Crippen LogP contribution in [0, 0.1) is 0 Å². The van der Waals surface area contributed by atoms with E-state index in [0.717, 1.165) is 23.9 Å². The smallest absolute Gasteiger partial charge is 0.0976 e. The van der Waals surface area contributed by atoms with E-state index in [1.807, 2.05) is 12.3 Å². The molecule has 0 unspecified atom stereocenters. The van der Waals surface area contributed by atoms with Crippen molar-refractivity contribution in [3.63, 3.8) is 0 Å². The summed E-state index contributed by atoms with van der Waals surface area (Å²) in [4.78, 5) is 10.8. The summed E-state index contributed by atoms with van der Waals surface area (Å²) in [6.07, 6.45) is 7.97. The fraction of sp³-hybridized carbons (Fsp3) is 0.294. The number of aromatic nitrogens is 2. The van der Waals surface area contributed by atoms with E-state index in [-0.39, 0.29) is 0 Å². The number of pyridine rings is 2. The SMILES string of the molecule is c1csc(-c2c3c(nc4cccnc24)CCCCC3)c1. The third-order valence-corrected chi connectivity index (χ3v) is 4.92. The van der Waals surface area contributed by atoms with Crippen LogP contribution in [0.15, 0.2) is 35.8 Å². The van der Waals surface area contributed by atoms with Gasteiger partial charge in [-0.1, -0.05) is 12.5 Å². The van der Waals surface area contributed by atoms with Crippen LogP contribution >= 0.6 is 11.3 Å². The summed E-state index contributed by atoms with van der Waals surface area (Å²) in [5.41, 5.74) is 6.18. The van der Waals surface area contributed by atoms with Crippen molar-refractivity contribution in [1.82, 2.24) is 9.97 Å². The van der Waals surface area contributed by atoms with Crippen molar-refractivity contribution in [1.29, 1.82) is 0 Å². The second-order valence-electron chi connectivity index (χ2n) is 5.32. The standard InChI is InChI=1S/C17H16N2S/c1-2-6-12-13(7-3-1)19-14-8-4-10-18-17(14)16(12)15-9-5-11-20-15/h4-5,8-11H,1-3,6-7H2. The molecule has 3 aromatic rings. The quantitative estimate of drug-likeness (QED) is 0.607. The van der Waals surface area contributed by atoms with Crippen LogP contribution in [-0.4, -0.2) is 9.97 Å². The molecule has 1 aliphatic rings. The van der Waals surface area contributed by atoms with E-state index in [1.165, 1.54) is 41.0 Å². The number of thiophene rings is 1. The van der Waals surface area contributed by atoms with Gasteiger partial charge in [-0.25, -0.2) is 0 Å². The summed E-state index contributed by atoms with van der Waals surface area (Å²) in [5, 5.41) is 2.15. The molecule has 0 radical (unpaired) electrons. The van der Waals surface area contributed by atoms with Gasteiger partial charge in [0.05, 0.1) is 11.0 Å². The molecular formula is C17H16N2S. The second kappa shape index (κ2) is 4.98. The first-order valence-corrected chi connectivity index (χ1v) is 8.12. The van der Waals surface area contributed by atoms with Crippen LogP contribution < -0.4 is 0 Å². The molecule has 3 heteroatoms. The molecular weight excluding hydrogens is 264 g/mol. The van der Waals surface area contributed by atoms with Gasteiger partial charge < -0.3 is 0 Å². The maximum atomic E-state index is 4.89. The number of rotatable bonds is 1. The average molecular weight is 280 g/mol. The Hall–Kier alpha value is -1.74. The van der Waals surface area contributed by atoms with Crippen molar-refractivity contribution in [2.24, 2.45) is 0 Å². The summed E-state index contributed by atoms with van der Waals surface area (Å²) >= 11 is 1.80. The van der Waals surface area contributed by atoms with Gasteiger partial charge in [0.2, 0.25) is 0 Å². The van der Waals surface area contributed by atoms with Gasteiger partial charge in [-0.05, 0) is 54.8 Å². The van der Waals surface area contributed by atoms with E-state index in [1.54, 1.807) is 11.3 Å². The number of hydrogen-bond donors (Lipinski definition) is 0. The highest BCUT2D eigenvalue weighted by Gasteiger charge is 2.19. The minimum Gasteiger partial charge on any atom is -0.254 e. The van der Waals surface area contributed by atoms with Crippen LogP contribution in [-0.2, 0) is 12.8 Å². The second-order valence-corrected chi connectivity index (χ2v) is 6.27. The lowest BCUT2D eigenvalue weighted by molar-refractivity contribution is 0.709. The lowest BCUT2D eigenvalue weighted by Crippen LogP contribution is -2.01. The number of fused-ring (bicyclic) bond motifs is 2. The third-order valence-electron chi connectivity index (χ3n) is 4.04. The van der Waals surface area contributed by atoms with E-state index in [9.17, 15) is 0 Å². The van der Waals surface area contributed by atoms with Gasteiger partial charge in [0, 0.05) is 22.3 Å². The third kappa shape index (κ3) is 1.93. The van der Waals surface area contributed by atoms with E-state index in [4.69, 9.17) is 4.98 Å². The van der Waals surface area contributed by atoms with Crippen molar-refractivity contribution in [2.75, 3.05) is 0 Å². The molecule has 0 spiro atoms. The first kappa shape index (κ1) is 12.0. The predicted octanol–water partition coefficient (Wildman–Crippen LogP) is 4.63. The Bertz CT molecular complexity index is 747. The zero-order valence-electron chi connectivity index (χ0n) is 11.3. The summed E-state index contributed by atoms with van der Waals surface area (Å²) < 4.78 is 0. The minimum absolute atomic E-state index is 1.04. The number of aryl methyl sites for hydroxylation is 1. The van der Waals surface area contributed by atoms with Gasteiger partial charge in [0.1, 0.15) is 0 Å². The fourth-order valence-corrected chi connectivity index (χ4v) is 3.91. The lowest BCUT2D eigenvalue weighted by atomic mass is 9.98. The molecule has 3 heterocycles. The van der Waals surface area contributed by atoms with Crippen LogP contribution in [0.1, 0.15) is 30.5 Å². The Morgan fingerprint density at radius 3 is 2.85 bits per heavy atom. The summed E-state index contributed by atoms with van der Waals surface area (Å²) in [5.74, 6) is 0. The molecule has 4 rings (SSSR count). The Morgan fingerprint density at radius 2 is 1.95 bits per heavy atom. The highest BCUT2D eigenvalue weighted by atomic mass is 32.1. The van der Waals surface area contributed by atoms with Crippen molar-refractivity contribution >= 4 is 22.4 Å². The Balaban J connectivity index is 2.09. The van der Waals surface area contributed by atoms with Crippen LogP contribution in [0.5, 0.6) is 0 Å². The molecule has 1 aliphatic carbocycles. The molecule has 0 bridgehead atoms. The Morgan fingerprint density at radius 1 is 1.00 bits per heavy atom. The highest BCUT2D eigenvalue weighted by Crippen LogP contribution is 2.37. The van der Waals surface area contributed by atoms with Gasteiger partial charge in [-0.2, -0.15) is 0 Å². The molecule has 0 saturated carbocycles. The van der Waals surface area contributed by atoms with E-state index in [0.29, 0.717) is 0 Å². The van der Waals surface area contributed by atoms with E-state index >= 15 is 0 Å². The topological polar surface area (TPSA) is 25.8 Å². The normalized spacial score (nSPS) is 15.0. The summed E-state index contributed by atoms with van der Waals surface area (Å²) in [6.45, 7) is 0. The van der Waals surface area contributed by atoms with Crippen molar-refractivity contribution in [2.45, 2.75) is 32.1 Å². The molecule has 0 amide bonds. The molecule has 2 nitrogen and oxygen atoms in total. The van der Waals surface area contributed by atoms with Gasteiger partial charge in [0.15, 0.2) is 0 Å². The minimum atomic E-state index is 1.04. The first-order chi connectivity index (χ1) is 9.93. The molecule has 20 heavy (non-hydrogen) atoms. The summed E-state index contributed by atoms with van der Waals surface area (Å²) in [7, 11) is 0. The molecule has 0 N–H and O–H groups in total. The molecule has 100 valence electrons. The van der Waals surface area contributed by atoms with Crippen molar-refractivity contribution in [3.8, 4) is 10.4 Å². The fourth-order valence-electron chi connectivity index (χ4n) is 3.11. The van der Waals surface area contributed by atoms with E-state index in [2.05, 4.69) is 28.6 Å². The monoisotopic (exact) mass is 280 g/mol. The van der Waals surface area contributed by atoms with Crippen molar-refractivity contribution < 1.29 is 0 Å². The first-order valence-electron chi connectivity index (χ1n) is 7.24. The van der Waals surface area contributed by atoms with Crippen LogP contribution in [0.2, 0.25) is 0 Å². The predicted molar refractivity (Wildman–Crippen MR) is 84.1 cm³/mol. The Labute approximate surface area is 122 Å². The molecule has 0 saturated heterocycles. The van der Waals surface area contributed by atoms with E-state index < -0.39 is 0 Å². The van der Waals surface area contributed by atoms with Crippen LogP contribution in [0.3, 0.4) is 0 Å². The van der Waals surface area contributed by atoms with Crippen LogP contribution in [0.25, 0.3) is 21.5 Å². The zero-order valence-corrected chi connectivity index (χ0v) is 12.1. The summed E-state index contributed by atoms with van der Waals surface area (Å²) in [6, 6.07) is 8.40. The molecule has 0 aliphatic heterocycles. The number of hydrogen-bond acceptors (Lipinski definition) is 3. The molecule has 0 aromatic carbocycles. The van der Waals surface area contributed by atoms with Crippen molar-refractivity contribution in [3.05, 3.63) is 47.1 Å². The van der Waals surface area contributed by atoms with Crippen LogP contribution in [0.4, 0.5) is 0 Å². The molecule has 0 fully saturated rings. The largest absolute Gasteiger partial charge is 0.254 e. The van der Waals surface area contributed by atoms with Gasteiger partial charge in [0.25, 0.3) is 0 Å². The highest BCUT2D eigenvalue weighted by molar-refractivity contribution is 7.13. The molecule has 0 atom stereocenters. The maximum absolute atomic E-state index is 4.89. The average Bonchev–Trinajstić information content (AvgIpc) is 2.90. The van der Waals surface area contributed by atoms with Gasteiger partial charge in [-0.15, -0.1) is 11.3 Å². The lowest BCUT2D eigenvalue weighted by Gasteiger charge is -2.13. The zero-order chi connectivity index (χ0) is 13.4.